The van der Waals surface area contributed by atoms with Gasteiger partial charge in [-0.3, -0.25) is 9.59 Å². The topological polar surface area (TPSA) is 89.5 Å². The Morgan fingerprint density at radius 1 is 0.489 bits per heavy atom. The van der Waals surface area contributed by atoms with Crippen molar-refractivity contribution >= 4 is 11.9 Å². The van der Waals surface area contributed by atoms with Gasteiger partial charge in [0.2, 0.25) is 0 Å². The molecule has 0 N–H and O–H groups in total. The van der Waals surface area contributed by atoms with Gasteiger partial charge in [-0.25, -0.2) is 0 Å². The van der Waals surface area contributed by atoms with Crippen molar-refractivity contribution in [3.63, 3.8) is 0 Å². The Morgan fingerprint density at radius 2 is 0.830 bits per heavy atom. The van der Waals surface area contributed by atoms with Gasteiger partial charge < -0.3 is 28.4 Å². The van der Waals surface area contributed by atoms with Gasteiger partial charge in [0.1, 0.15) is 0 Å². The molecule has 0 radical (unpaired) electrons. The molecular formula is C39H84O8. The van der Waals surface area contributed by atoms with E-state index in [1.807, 2.05) is 13.8 Å². The highest BCUT2D eigenvalue weighted by Gasteiger charge is 2.08. The summed E-state index contributed by atoms with van der Waals surface area (Å²) >= 11 is 0. The number of carbonyl (C=O) groups excluding carboxylic acids is 2. The van der Waals surface area contributed by atoms with Crippen LogP contribution >= 0.6 is 0 Å². The van der Waals surface area contributed by atoms with Gasteiger partial charge in [-0.2, -0.15) is 0 Å². The Morgan fingerprint density at radius 3 is 1.21 bits per heavy atom. The molecule has 0 amide bonds. The van der Waals surface area contributed by atoms with E-state index in [0.29, 0.717) is 26.1 Å². The van der Waals surface area contributed by atoms with Crippen molar-refractivity contribution in [3.05, 3.63) is 0 Å². The molecule has 0 fully saturated rings. The molecule has 0 saturated carbocycles. The molecule has 2 unspecified atom stereocenters. The zero-order chi connectivity index (χ0) is 31.6. The summed E-state index contributed by atoms with van der Waals surface area (Å²) in [7, 11) is 1.60. The average Bonchev–Trinajstić information content (AvgIpc) is 2.98. The monoisotopic (exact) mass is 681 g/mol. The van der Waals surface area contributed by atoms with E-state index in [1.54, 1.807) is 7.11 Å². The van der Waals surface area contributed by atoms with Gasteiger partial charge in [-0.05, 0) is 33.1 Å². The summed E-state index contributed by atoms with van der Waals surface area (Å²) in [6, 6.07) is 0. The molecule has 8 heteroatoms. The molecule has 0 aromatic heterocycles. The van der Waals surface area contributed by atoms with Crippen LogP contribution in [0, 0.1) is 0 Å². The summed E-state index contributed by atoms with van der Waals surface area (Å²) in [6.07, 6.45) is 25.5. The van der Waals surface area contributed by atoms with Gasteiger partial charge >= 0.3 is 11.9 Å². The van der Waals surface area contributed by atoms with Crippen molar-refractivity contribution < 1.29 is 38.0 Å². The lowest BCUT2D eigenvalue weighted by Gasteiger charge is -2.13. The van der Waals surface area contributed by atoms with Crippen LogP contribution in [-0.4, -0.2) is 64.7 Å². The van der Waals surface area contributed by atoms with E-state index in [9.17, 15) is 9.59 Å². The molecule has 47 heavy (non-hydrogen) atoms. The molecule has 0 rings (SSSR count). The third-order valence-electron chi connectivity index (χ3n) is 7.55. The number of rotatable bonds is 34. The second kappa shape index (κ2) is 44.8. The van der Waals surface area contributed by atoms with Crippen molar-refractivity contribution in [2.24, 2.45) is 0 Å². The molecule has 0 saturated heterocycles. The largest absolute Gasteiger partial charge is 0.438 e. The molecule has 0 aromatic carbocycles. The molecular weight excluding hydrogens is 596 g/mol. The Hall–Kier alpha value is -1.22. The lowest BCUT2D eigenvalue weighted by Crippen LogP contribution is -2.19. The van der Waals surface area contributed by atoms with E-state index < -0.39 is 0 Å². The fraction of sp³-hybridized carbons (Fsp3) is 0.949. The van der Waals surface area contributed by atoms with E-state index in [2.05, 4.69) is 6.92 Å². The van der Waals surface area contributed by atoms with Crippen LogP contribution in [0.15, 0.2) is 0 Å². The maximum atomic E-state index is 11.9. The quantitative estimate of drug-likeness (QED) is 0.0377. The summed E-state index contributed by atoms with van der Waals surface area (Å²) in [5.41, 5.74) is 0. The lowest BCUT2D eigenvalue weighted by atomic mass is 10.0. The van der Waals surface area contributed by atoms with Crippen LogP contribution < -0.4 is 0 Å². The second-order valence-corrected chi connectivity index (χ2v) is 12.0. The molecule has 8 nitrogen and oxygen atoms in total. The van der Waals surface area contributed by atoms with Crippen LogP contribution in [-0.2, 0) is 38.0 Å². The van der Waals surface area contributed by atoms with Crippen molar-refractivity contribution in [2.45, 2.75) is 204 Å². The summed E-state index contributed by atoms with van der Waals surface area (Å²) < 4.78 is 31.7. The summed E-state index contributed by atoms with van der Waals surface area (Å²) in [5.74, 6) is -0.535. The number of esters is 2. The van der Waals surface area contributed by atoms with Crippen LogP contribution in [0.1, 0.15) is 192 Å². The lowest BCUT2D eigenvalue weighted by molar-refractivity contribution is -0.163. The van der Waals surface area contributed by atoms with Gasteiger partial charge in [0.05, 0.1) is 25.4 Å². The van der Waals surface area contributed by atoms with Crippen LogP contribution in [0.25, 0.3) is 0 Å². The molecule has 2 atom stereocenters. The molecule has 0 aliphatic carbocycles. The Kier molecular flexibility index (Phi) is 52.6. The molecule has 0 bridgehead atoms. The van der Waals surface area contributed by atoms with E-state index in [-0.39, 0.29) is 67.4 Å². The highest BCUT2D eigenvalue weighted by Crippen LogP contribution is 2.14. The number of hydrogen-bond acceptors (Lipinski definition) is 8. The normalized spacial score (nSPS) is 11.7. The van der Waals surface area contributed by atoms with Crippen molar-refractivity contribution in [2.75, 3.05) is 40.5 Å². The van der Waals surface area contributed by atoms with Gasteiger partial charge in [0, 0.05) is 26.6 Å². The van der Waals surface area contributed by atoms with Gasteiger partial charge in [-0.1, -0.05) is 146 Å². The van der Waals surface area contributed by atoms with E-state index >= 15 is 0 Å². The third-order valence-corrected chi connectivity index (χ3v) is 7.55. The fourth-order valence-corrected chi connectivity index (χ4v) is 4.80. The van der Waals surface area contributed by atoms with Crippen molar-refractivity contribution in [1.82, 2.24) is 0 Å². The van der Waals surface area contributed by atoms with Crippen LogP contribution in [0.2, 0.25) is 0 Å². The first-order chi connectivity index (χ1) is 21.0. The minimum Gasteiger partial charge on any atom is -0.438 e. The van der Waals surface area contributed by atoms with E-state index in [4.69, 9.17) is 28.4 Å². The van der Waals surface area contributed by atoms with Crippen LogP contribution in [0.3, 0.4) is 0 Å². The van der Waals surface area contributed by atoms with Crippen LogP contribution in [0.4, 0.5) is 0 Å². The van der Waals surface area contributed by atoms with Crippen LogP contribution in [0.5, 0.6) is 0 Å². The minimum atomic E-state index is -0.274. The predicted molar refractivity (Wildman–Crippen MR) is 200 cm³/mol. The highest BCUT2D eigenvalue weighted by molar-refractivity contribution is 5.69. The molecule has 0 heterocycles. The average molecular weight is 681 g/mol. The zero-order valence-electron chi connectivity index (χ0n) is 28.5. The smallest absolute Gasteiger partial charge is 0.307 e. The Labute approximate surface area is 294 Å². The van der Waals surface area contributed by atoms with Gasteiger partial charge in [-0.15, -0.1) is 0 Å². The number of unbranched alkanes of at least 4 members (excludes halogenated alkanes) is 18. The number of hydrogen-bond donors (Lipinski definition) is 0. The SMILES string of the molecule is C.C.C.C.CCCCCCCCCCCCCCCCCCOCC(C)OCOC(=O)CCCCCCC(=O)OCOC(C)COC. The number of carbonyl (C=O) groups is 2. The van der Waals surface area contributed by atoms with Gasteiger partial charge in [0.15, 0.2) is 13.6 Å². The first-order valence-corrected chi connectivity index (χ1v) is 17.6. The standard InChI is InChI=1S/C35H68O8.4CH4/c1-5-6-7-8-9-10-11-12-13-14-15-16-17-18-21-24-27-39-29-33(3)41-31-43-35(37)26-23-20-19-22-25-34(36)42-30-40-32(2)28-38-4;;;;/h32-33H,5-31H2,1-4H3;4*1H4. The number of ether oxygens (including phenoxy) is 6. The first-order valence-electron chi connectivity index (χ1n) is 17.6. The van der Waals surface area contributed by atoms with Crippen molar-refractivity contribution in [1.29, 1.82) is 0 Å². The Balaban J connectivity index is -0.00000147. The van der Waals surface area contributed by atoms with E-state index in [1.165, 1.54) is 96.3 Å². The third kappa shape index (κ3) is 44.8. The zero-order valence-corrected chi connectivity index (χ0v) is 28.5. The van der Waals surface area contributed by atoms with Gasteiger partial charge in [0.25, 0.3) is 0 Å². The molecule has 0 aliphatic rings. The van der Waals surface area contributed by atoms with Crippen molar-refractivity contribution in [3.8, 4) is 0 Å². The summed E-state index contributed by atoms with van der Waals surface area (Å²) in [5, 5.41) is 0. The summed E-state index contributed by atoms with van der Waals surface area (Å²) in [6.45, 7) is 7.69. The maximum Gasteiger partial charge on any atom is 0.307 e. The van der Waals surface area contributed by atoms with E-state index in [0.717, 1.165) is 38.7 Å². The summed E-state index contributed by atoms with van der Waals surface area (Å²) in [4.78, 5) is 23.6. The second-order valence-electron chi connectivity index (χ2n) is 12.0. The molecule has 288 valence electrons. The number of methoxy groups -OCH3 is 1. The first kappa shape index (κ1) is 55.2. The molecule has 0 aromatic rings. The Bertz CT molecular complexity index is 602. The maximum absolute atomic E-state index is 11.9. The predicted octanol–water partition coefficient (Wildman–Crippen LogP) is 11.6. The molecule has 0 aliphatic heterocycles. The minimum absolute atomic E-state index is 0. The highest BCUT2D eigenvalue weighted by atomic mass is 16.7. The molecule has 0 spiro atoms. The fourth-order valence-electron chi connectivity index (χ4n) is 4.80.